The van der Waals surface area contributed by atoms with E-state index in [2.05, 4.69) is 16.4 Å². The SMILES string of the molecule is COCc1cc(CNc2c(C#N)cnc3ccc(Cl)cc23)ccc1F. The molecule has 4 nitrogen and oxygen atoms in total. The van der Waals surface area contributed by atoms with Crippen LogP contribution in [0.4, 0.5) is 10.1 Å². The molecule has 3 aromatic rings. The quantitative estimate of drug-likeness (QED) is 0.723. The van der Waals surface area contributed by atoms with Crippen LogP contribution < -0.4 is 5.32 Å². The summed E-state index contributed by atoms with van der Waals surface area (Å²) in [6.07, 6.45) is 1.53. The van der Waals surface area contributed by atoms with E-state index in [4.69, 9.17) is 16.3 Å². The number of pyridine rings is 1. The van der Waals surface area contributed by atoms with Gasteiger partial charge in [0.05, 0.1) is 23.4 Å². The fourth-order valence-corrected chi connectivity index (χ4v) is 2.81. The summed E-state index contributed by atoms with van der Waals surface area (Å²) >= 11 is 6.08. The van der Waals surface area contributed by atoms with Crippen molar-refractivity contribution in [3.05, 3.63) is 70.1 Å². The molecule has 0 radical (unpaired) electrons. The molecule has 0 saturated carbocycles. The van der Waals surface area contributed by atoms with Gasteiger partial charge in [0.2, 0.25) is 0 Å². The Balaban J connectivity index is 1.94. The van der Waals surface area contributed by atoms with Gasteiger partial charge < -0.3 is 10.1 Å². The van der Waals surface area contributed by atoms with Crippen molar-refractivity contribution in [1.82, 2.24) is 4.98 Å². The summed E-state index contributed by atoms with van der Waals surface area (Å²) in [5.74, 6) is -0.301. The predicted octanol–water partition coefficient (Wildman–Crippen LogP) is 4.66. The number of hydrogen-bond donors (Lipinski definition) is 1. The van der Waals surface area contributed by atoms with Crippen molar-refractivity contribution >= 4 is 28.2 Å². The van der Waals surface area contributed by atoms with E-state index in [-0.39, 0.29) is 12.4 Å². The number of ether oxygens (including phenoxy) is 1. The van der Waals surface area contributed by atoms with Crippen LogP contribution >= 0.6 is 11.6 Å². The van der Waals surface area contributed by atoms with Gasteiger partial charge in [0.25, 0.3) is 0 Å². The molecule has 1 N–H and O–H groups in total. The van der Waals surface area contributed by atoms with Gasteiger partial charge in [-0.3, -0.25) is 4.98 Å². The molecule has 3 rings (SSSR count). The summed E-state index contributed by atoms with van der Waals surface area (Å²) in [6.45, 7) is 0.633. The van der Waals surface area contributed by atoms with E-state index in [0.29, 0.717) is 28.4 Å². The first-order valence-electron chi connectivity index (χ1n) is 7.61. The normalized spacial score (nSPS) is 10.6. The zero-order valence-corrected chi connectivity index (χ0v) is 14.3. The van der Waals surface area contributed by atoms with Crippen LogP contribution in [-0.4, -0.2) is 12.1 Å². The Bertz CT molecular complexity index is 969. The molecule has 25 heavy (non-hydrogen) atoms. The van der Waals surface area contributed by atoms with E-state index in [0.717, 1.165) is 16.5 Å². The number of hydrogen-bond acceptors (Lipinski definition) is 4. The maximum atomic E-state index is 13.7. The number of aromatic nitrogens is 1. The standard InChI is InChI=1S/C19H15ClFN3O/c1-25-11-13-6-12(2-4-17(13)21)9-24-19-14(8-22)10-23-18-5-3-15(20)7-16(18)19/h2-7,10H,9,11H2,1H3,(H,23,24). The summed E-state index contributed by atoms with van der Waals surface area (Å²) in [7, 11) is 1.52. The lowest BCUT2D eigenvalue weighted by atomic mass is 10.1. The average molecular weight is 356 g/mol. The summed E-state index contributed by atoms with van der Waals surface area (Å²) in [5, 5.41) is 14.0. The van der Waals surface area contributed by atoms with E-state index in [9.17, 15) is 9.65 Å². The van der Waals surface area contributed by atoms with Crippen molar-refractivity contribution in [2.24, 2.45) is 0 Å². The Labute approximate surface area is 149 Å². The molecule has 1 aromatic heterocycles. The van der Waals surface area contributed by atoms with Gasteiger partial charge in [0.1, 0.15) is 11.9 Å². The highest BCUT2D eigenvalue weighted by Crippen LogP contribution is 2.28. The molecule has 0 aliphatic carbocycles. The molecule has 0 bridgehead atoms. The van der Waals surface area contributed by atoms with Gasteiger partial charge in [-0.05, 0) is 35.9 Å². The van der Waals surface area contributed by atoms with Gasteiger partial charge in [-0.25, -0.2) is 4.39 Å². The molecule has 0 fully saturated rings. The van der Waals surface area contributed by atoms with Crippen molar-refractivity contribution in [2.45, 2.75) is 13.2 Å². The zero-order chi connectivity index (χ0) is 17.8. The van der Waals surface area contributed by atoms with Gasteiger partial charge in [-0.1, -0.05) is 17.7 Å². The molecule has 0 aliphatic rings. The fourth-order valence-electron chi connectivity index (χ4n) is 2.63. The molecule has 0 saturated heterocycles. The third kappa shape index (κ3) is 3.71. The van der Waals surface area contributed by atoms with Gasteiger partial charge in [-0.15, -0.1) is 0 Å². The van der Waals surface area contributed by atoms with Crippen molar-refractivity contribution in [1.29, 1.82) is 5.26 Å². The van der Waals surface area contributed by atoms with E-state index < -0.39 is 0 Å². The smallest absolute Gasteiger partial charge is 0.128 e. The largest absolute Gasteiger partial charge is 0.380 e. The number of rotatable bonds is 5. The van der Waals surface area contributed by atoms with Gasteiger partial charge in [-0.2, -0.15) is 5.26 Å². The monoisotopic (exact) mass is 355 g/mol. The van der Waals surface area contributed by atoms with Crippen LogP contribution in [0.1, 0.15) is 16.7 Å². The van der Waals surface area contributed by atoms with Gasteiger partial charge >= 0.3 is 0 Å². The Morgan fingerprint density at radius 1 is 1.28 bits per heavy atom. The minimum absolute atomic E-state index is 0.205. The summed E-state index contributed by atoms with van der Waals surface area (Å²) in [4.78, 5) is 4.27. The van der Waals surface area contributed by atoms with Crippen LogP contribution in [0.5, 0.6) is 0 Å². The molecule has 126 valence electrons. The van der Waals surface area contributed by atoms with Crippen molar-refractivity contribution in [2.75, 3.05) is 12.4 Å². The number of anilines is 1. The van der Waals surface area contributed by atoms with Crippen LogP contribution in [0.25, 0.3) is 10.9 Å². The maximum Gasteiger partial charge on any atom is 0.128 e. The average Bonchev–Trinajstić information content (AvgIpc) is 2.62. The summed E-state index contributed by atoms with van der Waals surface area (Å²) in [6, 6.07) is 12.3. The molecule has 0 spiro atoms. The molecular weight excluding hydrogens is 341 g/mol. The van der Waals surface area contributed by atoms with Crippen molar-refractivity contribution in [3.8, 4) is 6.07 Å². The Morgan fingerprint density at radius 3 is 2.88 bits per heavy atom. The fraction of sp³-hybridized carbons (Fsp3) is 0.158. The Morgan fingerprint density at radius 2 is 2.12 bits per heavy atom. The second-order valence-electron chi connectivity index (χ2n) is 5.53. The van der Waals surface area contributed by atoms with E-state index in [1.807, 2.05) is 0 Å². The lowest BCUT2D eigenvalue weighted by molar-refractivity contribution is 0.181. The highest BCUT2D eigenvalue weighted by atomic mass is 35.5. The number of methoxy groups -OCH3 is 1. The van der Waals surface area contributed by atoms with Crippen LogP contribution in [0.2, 0.25) is 5.02 Å². The number of halogens is 2. The topological polar surface area (TPSA) is 57.9 Å². The van der Waals surface area contributed by atoms with Crippen LogP contribution in [-0.2, 0) is 17.9 Å². The maximum absolute atomic E-state index is 13.7. The molecule has 0 unspecified atom stereocenters. The van der Waals surface area contributed by atoms with Crippen molar-refractivity contribution < 1.29 is 9.13 Å². The number of nitriles is 1. The summed E-state index contributed by atoms with van der Waals surface area (Å²) < 4.78 is 18.7. The first-order chi connectivity index (χ1) is 12.1. The summed E-state index contributed by atoms with van der Waals surface area (Å²) in [5.41, 5.74) is 3.20. The molecule has 0 amide bonds. The first kappa shape index (κ1) is 17.2. The molecule has 2 aromatic carbocycles. The Kier molecular flexibility index (Phi) is 5.13. The van der Waals surface area contributed by atoms with E-state index in [1.54, 1.807) is 30.3 Å². The molecule has 1 heterocycles. The minimum Gasteiger partial charge on any atom is -0.380 e. The second-order valence-corrected chi connectivity index (χ2v) is 5.97. The van der Waals surface area contributed by atoms with Gasteiger partial charge in [0, 0.05) is 35.8 Å². The number of nitrogens with one attached hydrogen (secondary N) is 1. The molecule has 6 heteroatoms. The Hall–Kier alpha value is -2.68. The van der Waals surface area contributed by atoms with Crippen LogP contribution in [0.15, 0.2) is 42.6 Å². The zero-order valence-electron chi connectivity index (χ0n) is 13.5. The van der Waals surface area contributed by atoms with Crippen molar-refractivity contribution in [3.63, 3.8) is 0 Å². The molecular formula is C19H15ClFN3O. The van der Waals surface area contributed by atoms with Crippen LogP contribution in [0, 0.1) is 17.1 Å². The first-order valence-corrected chi connectivity index (χ1v) is 7.98. The lowest BCUT2D eigenvalue weighted by Crippen LogP contribution is -2.04. The third-order valence-electron chi connectivity index (χ3n) is 3.83. The highest BCUT2D eigenvalue weighted by molar-refractivity contribution is 6.31. The second kappa shape index (κ2) is 7.47. The third-order valence-corrected chi connectivity index (χ3v) is 4.06. The minimum atomic E-state index is -0.301. The molecule has 0 aliphatic heterocycles. The van der Waals surface area contributed by atoms with E-state index >= 15 is 0 Å². The lowest BCUT2D eigenvalue weighted by Gasteiger charge is -2.13. The molecule has 0 atom stereocenters. The predicted molar refractivity (Wildman–Crippen MR) is 95.9 cm³/mol. The van der Waals surface area contributed by atoms with Gasteiger partial charge in [0.15, 0.2) is 0 Å². The van der Waals surface area contributed by atoms with E-state index in [1.165, 1.54) is 19.4 Å². The number of nitrogens with zero attached hydrogens (tertiary/aromatic N) is 2. The highest BCUT2D eigenvalue weighted by Gasteiger charge is 2.10. The number of benzene rings is 2. The van der Waals surface area contributed by atoms with Crippen LogP contribution in [0.3, 0.4) is 0 Å². The number of fused-ring (bicyclic) bond motifs is 1.